The van der Waals surface area contributed by atoms with E-state index in [0.29, 0.717) is 11.3 Å². The van der Waals surface area contributed by atoms with Crippen LogP contribution in [0.2, 0.25) is 0 Å². The van der Waals surface area contributed by atoms with Crippen molar-refractivity contribution >= 4 is 11.6 Å². The van der Waals surface area contributed by atoms with E-state index < -0.39 is 11.7 Å². The summed E-state index contributed by atoms with van der Waals surface area (Å²) in [5.74, 6) is -0.222. The van der Waals surface area contributed by atoms with Gasteiger partial charge in [0.15, 0.2) is 5.76 Å². The average Bonchev–Trinajstić information content (AvgIpc) is 3.06. The van der Waals surface area contributed by atoms with Crippen LogP contribution >= 0.6 is 0 Å². The van der Waals surface area contributed by atoms with Crippen LogP contribution in [0.1, 0.15) is 21.7 Å². The van der Waals surface area contributed by atoms with Crippen molar-refractivity contribution < 1.29 is 18.3 Å². The highest BCUT2D eigenvalue weighted by Gasteiger charge is 2.17. The molecule has 1 heterocycles. The van der Waals surface area contributed by atoms with Gasteiger partial charge < -0.3 is 14.5 Å². The number of carbonyl (C=O) groups excluding carboxylic acids is 1. The number of hydrogen-bond donors (Lipinski definition) is 1. The third-order valence-electron chi connectivity index (χ3n) is 3.46. The van der Waals surface area contributed by atoms with Gasteiger partial charge in [0.25, 0.3) is 5.91 Å². The maximum atomic E-state index is 13.8. The molecule has 24 heavy (non-hydrogen) atoms. The summed E-state index contributed by atoms with van der Waals surface area (Å²) < 4.78 is 24.6. The van der Waals surface area contributed by atoms with Crippen molar-refractivity contribution in [3.05, 3.63) is 83.6 Å². The summed E-state index contributed by atoms with van der Waals surface area (Å²) in [6, 6.07) is 15.4. The van der Waals surface area contributed by atoms with Gasteiger partial charge in [-0.1, -0.05) is 24.3 Å². The van der Waals surface area contributed by atoms with Crippen LogP contribution in [0.5, 0.6) is 5.75 Å². The highest BCUT2D eigenvalue weighted by Crippen LogP contribution is 2.20. The second-order valence-electron chi connectivity index (χ2n) is 5.31. The van der Waals surface area contributed by atoms with Crippen LogP contribution in [-0.4, -0.2) is 5.91 Å². The lowest BCUT2D eigenvalue weighted by Crippen LogP contribution is -2.14. The molecule has 0 fully saturated rings. The molecule has 0 aliphatic heterocycles. The highest BCUT2D eigenvalue weighted by molar-refractivity contribution is 6.03. The van der Waals surface area contributed by atoms with Crippen LogP contribution in [0, 0.1) is 12.7 Å². The Morgan fingerprint density at radius 2 is 1.96 bits per heavy atom. The Balaban J connectivity index is 1.72. The van der Waals surface area contributed by atoms with Gasteiger partial charge in [0, 0.05) is 5.56 Å². The van der Waals surface area contributed by atoms with Crippen LogP contribution in [0.15, 0.2) is 65.3 Å². The summed E-state index contributed by atoms with van der Waals surface area (Å²) >= 11 is 0. The first kappa shape index (κ1) is 15.8. The maximum Gasteiger partial charge on any atom is 0.291 e. The van der Waals surface area contributed by atoms with Crippen molar-refractivity contribution in [1.82, 2.24) is 0 Å². The Labute approximate surface area is 138 Å². The molecule has 0 bridgehead atoms. The molecule has 0 saturated heterocycles. The number of nitrogens with one attached hydrogen (secondary N) is 1. The van der Waals surface area contributed by atoms with E-state index in [0.717, 1.165) is 5.56 Å². The molecule has 1 amide bonds. The SMILES string of the molecule is Cc1ccc(F)c(NC(=O)c2occc2COc2ccccc2)c1. The zero-order valence-corrected chi connectivity index (χ0v) is 13.1. The summed E-state index contributed by atoms with van der Waals surface area (Å²) in [6.45, 7) is 2.00. The number of ether oxygens (including phenoxy) is 1. The molecule has 122 valence electrons. The average molecular weight is 325 g/mol. The molecule has 2 aromatic carbocycles. The molecule has 5 heteroatoms. The van der Waals surface area contributed by atoms with Crippen molar-refractivity contribution in [2.45, 2.75) is 13.5 Å². The van der Waals surface area contributed by atoms with Gasteiger partial charge >= 0.3 is 0 Å². The van der Waals surface area contributed by atoms with E-state index in [1.807, 2.05) is 37.3 Å². The number of amides is 1. The predicted octanol–water partition coefficient (Wildman–Crippen LogP) is 4.56. The zero-order valence-electron chi connectivity index (χ0n) is 13.1. The van der Waals surface area contributed by atoms with Gasteiger partial charge in [-0.2, -0.15) is 0 Å². The number of hydrogen-bond acceptors (Lipinski definition) is 3. The number of anilines is 1. The van der Waals surface area contributed by atoms with Crippen LogP contribution < -0.4 is 10.1 Å². The Bertz CT molecular complexity index is 843. The van der Waals surface area contributed by atoms with Crippen LogP contribution in [-0.2, 0) is 6.61 Å². The van der Waals surface area contributed by atoms with Crippen molar-refractivity contribution in [1.29, 1.82) is 0 Å². The van der Waals surface area contributed by atoms with Gasteiger partial charge in [-0.3, -0.25) is 4.79 Å². The standard InChI is InChI=1S/C19H16FNO3/c1-13-7-8-16(20)17(11-13)21-19(22)18-14(9-10-23-18)12-24-15-5-3-2-4-6-15/h2-11H,12H2,1H3,(H,21,22). The fourth-order valence-corrected chi connectivity index (χ4v) is 2.24. The zero-order chi connectivity index (χ0) is 16.9. The molecular weight excluding hydrogens is 309 g/mol. The van der Waals surface area contributed by atoms with Gasteiger partial charge in [-0.25, -0.2) is 4.39 Å². The maximum absolute atomic E-state index is 13.8. The second-order valence-corrected chi connectivity index (χ2v) is 5.31. The second kappa shape index (κ2) is 7.00. The number of para-hydroxylation sites is 1. The number of carbonyl (C=O) groups is 1. The predicted molar refractivity (Wildman–Crippen MR) is 88.6 cm³/mol. The first-order valence-electron chi connectivity index (χ1n) is 7.45. The van der Waals surface area contributed by atoms with Crippen molar-refractivity contribution in [3.8, 4) is 5.75 Å². The Hall–Kier alpha value is -3.08. The van der Waals surface area contributed by atoms with Crippen LogP contribution in [0.25, 0.3) is 0 Å². The topological polar surface area (TPSA) is 51.5 Å². The van der Waals surface area contributed by atoms with E-state index in [9.17, 15) is 9.18 Å². The third-order valence-corrected chi connectivity index (χ3v) is 3.46. The molecule has 0 atom stereocenters. The van der Waals surface area contributed by atoms with E-state index in [1.54, 1.807) is 18.2 Å². The number of rotatable bonds is 5. The summed E-state index contributed by atoms with van der Waals surface area (Å²) in [4.78, 5) is 12.3. The molecular formula is C19H16FNO3. The molecule has 0 unspecified atom stereocenters. The normalized spacial score (nSPS) is 10.4. The molecule has 0 radical (unpaired) electrons. The minimum absolute atomic E-state index is 0.104. The summed E-state index contributed by atoms with van der Waals surface area (Å²) in [5, 5.41) is 2.53. The first-order valence-corrected chi connectivity index (χ1v) is 7.45. The summed E-state index contributed by atoms with van der Waals surface area (Å²) in [7, 11) is 0. The minimum Gasteiger partial charge on any atom is -0.489 e. The van der Waals surface area contributed by atoms with Gasteiger partial charge in [-0.15, -0.1) is 0 Å². The lowest BCUT2D eigenvalue weighted by Gasteiger charge is -2.08. The van der Waals surface area contributed by atoms with Crippen molar-refractivity contribution in [3.63, 3.8) is 0 Å². The number of aryl methyl sites for hydroxylation is 1. The summed E-state index contributed by atoms with van der Waals surface area (Å²) in [6.07, 6.45) is 1.41. The van der Waals surface area contributed by atoms with Crippen LogP contribution in [0.3, 0.4) is 0 Å². The van der Waals surface area contributed by atoms with E-state index in [2.05, 4.69) is 5.32 Å². The van der Waals surface area contributed by atoms with E-state index >= 15 is 0 Å². The molecule has 3 aromatic rings. The monoisotopic (exact) mass is 325 g/mol. The van der Waals surface area contributed by atoms with E-state index in [-0.39, 0.29) is 18.1 Å². The Morgan fingerprint density at radius 1 is 1.17 bits per heavy atom. The number of halogens is 1. The first-order chi connectivity index (χ1) is 11.6. The molecule has 4 nitrogen and oxygen atoms in total. The minimum atomic E-state index is -0.517. The van der Waals surface area contributed by atoms with Gasteiger partial charge in [-0.05, 0) is 42.8 Å². The Kier molecular flexibility index (Phi) is 4.61. The fraction of sp³-hybridized carbons (Fsp3) is 0.105. The van der Waals surface area contributed by atoms with Crippen molar-refractivity contribution in [2.75, 3.05) is 5.32 Å². The largest absolute Gasteiger partial charge is 0.489 e. The third kappa shape index (κ3) is 3.63. The van der Waals surface area contributed by atoms with Gasteiger partial charge in [0.2, 0.25) is 0 Å². The Morgan fingerprint density at radius 3 is 2.75 bits per heavy atom. The number of furan rings is 1. The van der Waals surface area contributed by atoms with Crippen molar-refractivity contribution in [2.24, 2.45) is 0 Å². The molecule has 0 spiro atoms. The van der Waals surface area contributed by atoms with Crippen LogP contribution in [0.4, 0.5) is 10.1 Å². The quantitative estimate of drug-likeness (QED) is 0.748. The van der Waals surface area contributed by atoms with Gasteiger partial charge in [0.1, 0.15) is 18.2 Å². The summed E-state index contributed by atoms with van der Waals surface area (Å²) in [5.41, 5.74) is 1.55. The lowest BCUT2D eigenvalue weighted by atomic mass is 10.2. The van der Waals surface area contributed by atoms with E-state index in [1.165, 1.54) is 12.3 Å². The fourth-order valence-electron chi connectivity index (χ4n) is 2.24. The smallest absolute Gasteiger partial charge is 0.291 e. The number of benzene rings is 2. The van der Waals surface area contributed by atoms with Gasteiger partial charge in [0.05, 0.1) is 12.0 Å². The van der Waals surface area contributed by atoms with E-state index in [4.69, 9.17) is 9.15 Å². The molecule has 1 aromatic heterocycles. The molecule has 3 rings (SSSR count). The molecule has 0 saturated carbocycles. The molecule has 1 N–H and O–H groups in total. The molecule has 0 aliphatic rings. The lowest BCUT2D eigenvalue weighted by molar-refractivity contribution is 0.0993. The molecule has 0 aliphatic carbocycles. The highest BCUT2D eigenvalue weighted by atomic mass is 19.1.